The topological polar surface area (TPSA) is 12.0 Å². The first-order chi connectivity index (χ1) is 8.56. The zero-order chi connectivity index (χ0) is 13.1. The van der Waals surface area contributed by atoms with Crippen LogP contribution in [0.4, 0.5) is 14.5 Å². The normalized spacial score (nSPS) is 10.4. The van der Waals surface area contributed by atoms with E-state index in [1.165, 1.54) is 30.3 Å². The third kappa shape index (κ3) is 3.12. The van der Waals surface area contributed by atoms with Gasteiger partial charge >= 0.3 is 0 Å². The Morgan fingerprint density at radius 3 is 2.39 bits per heavy atom. The molecule has 0 saturated carbocycles. The van der Waals surface area contributed by atoms with Crippen LogP contribution in [0.15, 0.2) is 36.4 Å². The summed E-state index contributed by atoms with van der Waals surface area (Å²) in [6, 6.07) is 8.58. The van der Waals surface area contributed by atoms with E-state index in [-0.39, 0.29) is 10.0 Å². The molecule has 0 fully saturated rings. The van der Waals surface area contributed by atoms with Crippen LogP contribution in [-0.4, -0.2) is 0 Å². The van der Waals surface area contributed by atoms with Crippen LogP contribution >= 0.6 is 23.2 Å². The molecule has 0 aliphatic rings. The number of anilines is 1. The summed E-state index contributed by atoms with van der Waals surface area (Å²) in [6.45, 7) is 0.374. The Morgan fingerprint density at radius 1 is 0.944 bits per heavy atom. The molecule has 0 bridgehead atoms. The van der Waals surface area contributed by atoms with Crippen molar-refractivity contribution in [3.05, 3.63) is 63.6 Å². The SMILES string of the molecule is Fc1ccc(NCc2ccc(Cl)c(F)c2)c(Cl)c1. The molecule has 2 rings (SSSR count). The molecular formula is C13H9Cl2F2N. The van der Waals surface area contributed by atoms with Gasteiger partial charge < -0.3 is 5.32 Å². The summed E-state index contributed by atoms with van der Waals surface area (Å²) in [5.74, 6) is -0.871. The van der Waals surface area contributed by atoms with E-state index >= 15 is 0 Å². The number of hydrogen-bond acceptors (Lipinski definition) is 1. The lowest BCUT2D eigenvalue weighted by atomic mass is 10.2. The summed E-state index contributed by atoms with van der Waals surface area (Å²) in [6.07, 6.45) is 0. The van der Waals surface area contributed by atoms with Crippen molar-refractivity contribution in [3.63, 3.8) is 0 Å². The number of rotatable bonds is 3. The minimum atomic E-state index is -0.471. The summed E-state index contributed by atoms with van der Waals surface area (Å²) in [5, 5.41) is 3.36. The largest absolute Gasteiger partial charge is 0.380 e. The Labute approximate surface area is 113 Å². The van der Waals surface area contributed by atoms with Crippen LogP contribution in [0.3, 0.4) is 0 Å². The minimum Gasteiger partial charge on any atom is -0.380 e. The van der Waals surface area contributed by atoms with E-state index in [0.29, 0.717) is 12.2 Å². The summed E-state index contributed by atoms with van der Waals surface area (Å²) in [5.41, 5.74) is 1.31. The van der Waals surface area contributed by atoms with Gasteiger partial charge in [0, 0.05) is 6.54 Å². The van der Waals surface area contributed by atoms with Crippen molar-refractivity contribution in [2.75, 3.05) is 5.32 Å². The first-order valence-electron chi connectivity index (χ1n) is 5.19. The highest BCUT2D eigenvalue weighted by atomic mass is 35.5. The van der Waals surface area contributed by atoms with Crippen LogP contribution in [0.1, 0.15) is 5.56 Å². The molecular weight excluding hydrogens is 279 g/mol. The number of nitrogens with one attached hydrogen (secondary N) is 1. The fraction of sp³-hybridized carbons (Fsp3) is 0.0769. The van der Waals surface area contributed by atoms with E-state index < -0.39 is 11.6 Å². The number of hydrogen-bond donors (Lipinski definition) is 1. The molecule has 0 amide bonds. The molecule has 18 heavy (non-hydrogen) atoms. The average molecular weight is 288 g/mol. The Balaban J connectivity index is 2.09. The van der Waals surface area contributed by atoms with Crippen molar-refractivity contribution in [1.82, 2.24) is 0 Å². The molecule has 0 unspecified atom stereocenters. The summed E-state index contributed by atoms with van der Waals surface area (Å²) < 4.78 is 26.0. The lowest BCUT2D eigenvalue weighted by molar-refractivity contribution is 0.626. The van der Waals surface area contributed by atoms with E-state index in [1.807, 2.05) is 0 Å². The lowest BCUT2D eigenvalue weighted by Crippen LogP contribution is -2.00. The van der Waals surface area contributed by atoms with Gasteiger partial charge in [0.2, 0.25) is 0 Å². The van der Waals surface area contributed by atoms with Crippen LogP contribution in [0, 0.1) is 11.6 Å². The zero-order valence-corrected chi connectivity index (χ0v) is 10.7. The van der Waals surface area contributed by atoms with Crippen LogP contribution in [0.5, 0.6) is 0 Å². The maximum absolute atomic E-state index is 13.2. The van der Waals surface area contributed by atoms with E-state index in [1.54, 1.807) is 6.07 Å². The van der Waals surface area contributed by atoms with Crippen molar-refractivity contribution in [3.8, 4) is 0 Å². The summed E-state index contributed by atoms with van der Waals surface area (Å²) in [7, 11) is 0. The Morgan fingerprint density at radius 2 is 1.72 bits per heavy atom. The van der Waals surface area contributed by atoms with E-state index in [2.05, 4.69) is 5.32 Å². The quantitative estimate of drug-likeness (QED) is 0.848. The Bertz CT molecular complexity index is 573. The standard InChI is InChI=1S/C13H9Cl2F2N/c14-10-3-1-8(5-12(10)17)7-18-13-4-2-9(16)6-11(13)15/h1-6,18H,7H2. The highest BCUT2D eigenvalue weighted by Crippen LogP contribution is 2.23. The molecule has 1 N–H and O–H groups in total. The molecule has 2 aromatic rings. The second kappa shape index (κ2) is 5.55. The van der Waals surface area contributed by atoms with Crippen molar-refractivity contribution >= 4 is 28.9 Å². The molecule has 0 aromatic heterocycles. The van der Waals surface area contributed by atoms with E-state index in [4.69, 9.17) is 23.2 Å². The molecule has 1 nitrogen and oxygen atoms in total. The molecule has 0 aliphatic carbocycles. The van der Waals surface area contributed by atoms with Crippen molar-refractivity contribution in [2.45, 2.75) is 6.54 Å². The monoisotopic (exact) mass is 287 g/mol. The van der Waals surface area contributed by atoms with Crippen molar-refractivity contribution in [2.24, 2.45) is 0 Å². The maximum atomic E-state index is 13.2. The van der Waals surface area contributed by atoms with E-state index in [0.717, 1.165) is 5.56 Å². The molecule has 2 aromatic carbocycles. The predicted octanol–water partition coefficient (Wildman–Crippen LogP) is 4.88. The second-order valence-electron chi connectivity index (χ2n) is 3.73. The van der Waals surface area contributed by atoms with Gasteiger partial charge in [0.05, 0.1) is 15.7 Å². The molecule has 0 radical (unpaired) electrons. The molecule has 0 heterocycles. The Kier molecular flexibility index (Phi) is 4.04. The van der Waals surface area contributed by atoms with Crippen LogP contribution < -0.4 is 5.32 Å². The Hall–Kier alpha value is -1.32. The lowest BCUT2D eigenvalue weighted by Gasteiger charge is -2.08. The number of benzene rings is 2. The van der Waals surface area contributed by atoms with Crippen molar-refractivity contribution < 1.29 is 8.78 Å². The average Bonchev–Trinajstić information content (AvgIpc) is 2.32. The first-order valence-corrected chi connectivity index (χ1v) is 5.95. The van der Waals surface area contributed by atoms with Gasteiger partial charge in [0.1, 0.15) is 11.6 Å². The molecule has 94 valence electrons. The number of halogens is 4. The maximum Gasteiger partial charge on any atom is 0.142 e. The highest BCUT2D eigenvalue weighted by Gasteiger charge is 2.04. The van der Waals surface area contributed by atoms with Crippen LogP contribution in [0.2, 0.25) is 10.0 Å². The van der Waals surface area contributed by atoms with Crippen molar-refractivity contribution in [1.29, 1.82) is 0 Å². The van der Waals surface area contributed by atoms with Gasteiger partial charge in [-0.1, -0.05) is 29.3 Å². The van der Waals surface area contributed by atoms with E-state index in [9.17, 15) is 8.78 Å². The van der Waals surface area contributed by atoms with Gasteiger partial charge in [-0.05, 0) is 35.9 Å². The van der Waals surface area contributed by atoms with Gasteiger partial charge in [0.15, 0.2) is 0 Å². The molecule has 0 atom stereocenters. The molecule has 5 heteroatoms. The fourth-order valence-electron chi connectivity index (χ4n) is 1.48. The van der Waals surface area contributed by atoms with Gasteiger partial charge in [-0.25, -0.2) is 8.78 Å². The predicted molar refractivity (Wildman–Crippen MR) is 70.1 cm³/mol. The van der Waals surface area contributed by atoms with Crippen LogP contribution in [-0.2, 0) is 6.54 Å². The molecule has 0 aliphatic heterocycles. The second-order valence-corrected chi connectivity index (χ2v) is 4.54. The first kappa shape index (κ1) is 13.1. The molecule has 0 spiro atoms. The van der Waals surface area contributed by atoms with Gasteiger partial charge in [-0.3, -0.25) is 0 Å². The van der Waals surface area contributed by atoms with Gasteiger partial charge in [0.25, 0.3) is 0 Å². The zero-order valence-electron chi connectivity index (χ0n) is 9.18. The summed E-state index contributed by atoms with van der Waals surface area (Å²) in [4.78, 5) is 0. The smallest absolute Gasteiger partial charge is 0.142 e. The molecule has 0 saturated heterocycles. The summed E-state index contributed by atoms with van der Waals surface area (Å²) >= 11 is 11.4. The van der Waals surface area contributed by atoms with Crippen LogP contribution in [0.25, 0.3) is 0 Å². The van der Waals surface area contributed by atoms with Gasteiger partial charge in [-0.15, -0.1) is 0 Å². The van der Waals surface area contributed by atoms with Gasteiger partial charge in [-0.2, -0.15) is 0 Å². The highest BCUT2D eigenvalue weighted by molar-refractivity contribution is 6.33. The third-order valence-electron chi connectivity index (χ3n) is 2.40. The fourth-order valence-corrected chi connectivity index (χ4v) is 1.83. The minimum absolute atomic E-state index is 0.0820. The third-order valence-corrected chi connectivity index (χ3v) is 3.02.